The second kappa shape index (κ2) is 11.1. The average Bonchev–Trinajstić information content (AvgIpc) is 2.88. The van der Waals surface area contributed by atoms with Crippen LogP contribution in [-0.2, 0) is 6.61 Å². The van der Waals surface area contributed by atoms with Crippen molar-refractivity contribution in [2.45, 2.75) is 26.5 Å². The van der Waals surface area contributed by atoms with Crippen LogP contribution in [0, 0.1) is 11.6 Å². The van der Waals surface area contributed by atoms with Gasteiger partial charge in [0, 0.05) is 48.7 Å². The molecule has 3 aromatic rings. The van der Waals surface area contributed by atoms with Crippen LogP contribution in [0.1, 0.15) is 29.8 Å². The first-order valence-corrected chi connectivity index (χ1v) is 11.4. The molecule has 0 spiro atoms. The van der Waals surface area contributed by atoms with Crippen molar-refractivity contribution in [3.05, 3.63) is 71.4 Å². The van der Waals surface area contributed by atoms with Crippen molar-refractivity contribution in [2.75, 3.05) is 30.9 Å². The number of amides is 1. The molecule has 0 aliphatic carbocycles. The van der Waals surface area contributed by atoms with E-state index in [-0.39, 0.29) is 52.9 Å². The lowest BCUT2D eigenvalue weighted by Gasteiger charge is -2.30. The lowest BCUT2D eigenvalue weighted by Crippen LogP contribution is -2.41. The molecule has 1 atom stereocenters. The summed E-state index contributed by atoms with van der Waals surface area (Å²) < 4.78 is 40.0. The quantitative estimate of drug-likeness (QED) is 0.418. The number of nitrogens with zero attached hydrogens (tertiary/aromatic N) is 4. The summed E-state index contributed by atoms with van der Waals surface area (Å²) in [6, 6.07) is 4.18. The molecule has 12 heteroatoms. The first-order chi connectivity index (χ1) is 17.8. The van der Waals surface area contributed by atoms with Crippen LogP contribution >= 0.6 is 0 Å². The first kappa shape index (κ1) is 25.6. The number of carbonyl (C=O) groups excluding carboxylic acids is 1. The van der Waals surface area contributed by atoms with E-state index in [2.05, 4.69) is 30.9 Å². The van der Waals surface area contributed by atoms with Gasteiger partial charge in [0.05, 0.1) is 31.4 Å². The summed E-state index contributed by atoms with van der Waals surface area (Å²) in [5.74, 6) is -0.877. The second-order valence-electron chi connectivity index (χ2n) is 8.43. The predicted molar refractivity (Wildman–Crippen MR) is 134 cm³/mol. The summed E-state index contributed by atoms with van der Waals surface area (Å²) in [6.45, 7) is 4.33. The number of rotatable bonds is 8. The van der Waals surface area contributed by atoms with E-state index >= 15 is 0 Å². The Labute approximate surface area is 212 Å². The van der Waals surface area contributed by atoms with E-state index in [0.717, 1.165) is 5.70 Å². The molecule has 4 rings (SSSR count). The molecular weight excluding hydrogens is 484 g/mol. The number of aromatic nitrogens is 3. The van der Waals surface area contributed by atoms with Crippen LogP contribution in [0.2, 0.25) is 0 Å². The van der Waals surface area contributed by atoms with E-state index < -0.39 is 11.6 Å². The van der Waals surface area contributed by atoms with Gasteiger partial charge in [-0.3, -0.25) is 4.79 Å². The molecule has 37 heavy (non-hydrogen) atoms. The molecule has 0 saturated heterocycles. The molecule has 1 aliphatic heterocycles. The predicted octanol–water partition coefficient (Wildman–Crippen LogP) is 3.50. The van der Waals surface area contributed by atoms with E-state index in [1.54, 1.807) is 4.90 Å². The zero-order valence-electron chi connectivity index (χ0n) is 20.8. The Balaban J connectivity index is 1.41. The van der Waals surface area contributed by atoms with E-state index in [9.17, 15) is 13.6 Å². The number of carbonyl (C=O) groups is 1. The van der Waals surface area contributed by atoms with Crippen molar-refractivity contribution in [3.63, 3.8) is 0 Å². The maximum absolute atomic E-state index is 14.8. The van der Waals surface area contributed by atoms with Gasteiger partial charge in [-0.05, 0) is 26.0 Å². The third-order valence-corrected chi connectivity index (χ3v) is 5.49. The van der Waals surface area contributed by atoms with Crippen molar-refractivity contribution < 1.29 is 23.0 Å². The molecule has 1 aromatic carbocycles. The third kappa shape index (κ3) is 6.02. The van der Waals surface area contributed by atoms with E-state index in [1.807, 2.05) is 20.0 Å². The van der Waals surface area contributed by atoms with Gasteiger partial charge in [-0.1, -0.05) is 0 Å². The molecule has 1 amide bonds. The highest BCUT2D eigenvalue weighted by Gasteiger charge is 2.19. The SMILES string of the molecule is CNC(=O)c1cc(COc2cnc(Nc3cnc(N4C=C(C)N[C@@H](C)C4)c(F)c3)nc2)c(F)c(OC)c1. The number of anilines is 3. The Morgan fingerprint density at radius 1 is 1.19 bits per heavy atom. The van der Waals surface area contributed by atoms with Gasteiger partial charge < -0.3 is 30.3 Å². The number of hydrogen-bond acceptors (Lipinski definition) is 9. The van der Waals surface area contributed by atoms with Gasteiger partial charge in [-0.15, -0.1) is 0 Å². The van der Waals surface area contributed by atoms with Crippen molar-refractivity contribution in [1.29, 1.82) is 0 Å². The largest absolute Gasteiger partial charge is 0.494 e. The number of allylic oxidation sites excluding steroid dienone is 1. The van der Waals surface area contributed by atoms with Crippen LogP contribution in [0.5, 0.6) is 11.5 Å². The van der Waals surface area contributed by atoms with Crippen LogP contribution < -0.4 is 30.3 Å². The molecule has 0 saturated carbocycles. The Morgan fingerprint density at radius 3 is 2.59 bits per heavy atom. The lowest BCUT2D eigenvalue weighted by molar-refractivity contribution is 0.0962. The molecule has 0 unspecified atom stereocenters. The highest BCUT2D eigenvalue weighted by atomic mass is 19.1. The number of methoxy groups -OCH3 is 1. The fourth-order valence-electron chi connectivity index (χ4n) is 3.84. The van der Waals surface area contributed by atoms with E-state index in [0.29, 0.717) is 12.2 Å². The number of hydrogen-bond donors (Lipinski definition) is 3. The molecule has 3 heterocycles. The smallest absolute Gasteiger partial charge is 0.251 e. The Bertz CT molecular complexity index is 1320. The number of halogens is 2. The van der Waals surface area contributed by atoms with Gasteiger partial charge in [-0.25, -0.2) is 23.7 Å². The van der Waals surface area contributed by atoms with Gasteiger partial charge in [0.2, 0.25) is 5.95 Å². The van der Waals surface area contributed by atoms with E-state index in [1.165, 1.54) is 50.9 Å². The fourth-order valence-corrected chi connectivity index (χ4v) is 3.84. The van der Waals surface area contributed by atoms with Crippen LogP contribution in [0.4, 0.5) is 26.2 Å². The van der Waals surface area contributed by atoms with Crippen LogP contribution in [-0.4, -0.2) is 47.6 Å². The number of nitrogens with one attached hydrogen (secondary N) is 3. The zero-order chi connectivity index (χ0) is 26.5. The Kier molecular flexibility index (Phi) is 7.66. The molecule has 194 valence electrons. The van der Waals surface area contributed by atoms with Gasteiger partial charge in [0.25, 0.3) is 5.91 Å². The molecule has 3 N–H and O–H groups in total. The molecule has 1 aliphatic rings. The molecule has 2 aromatic heterocycles. The van der Waals surface area contributed by atoms with Crippen molar-refractivity contribution in [1.82, 2.24) is 25.6 Å². The minimum atomic E-state index is -0.631. The van der Waals surface area contributed by atoms with Gasteiger partial charge in [0.1, 0.15) is 6.61 Å². The summed E-state index contributed by atoms with van der Waals surface area (Å²) in [7, 11) is 2.79. The van der Waals surface area contributed by atoms with Crippen molar-refractivity contribution >= 4 is 23.4 Å². The minimum Gasteiger partial charge on any atom is -0.494 e. The number of ether oxygens (including phenoxy) is 2. The van der Waals surface area contributed by atoms with Gasteiger partial charge in [0.15, 0.2) is 29.0 Å². The summed E-state index contributed by atoms with van der Waals surface area (Å²) >= 11 is 0. The van der Waals surface area contributed by atoms with Gasteiger partial charge >= 0.3 is 0 Å². The highest BCUT2D eigenvalue weighted by Crippen LogP contribution is 2.26. The maximum atomic E-state index is 14.8. The number of benzene rings is 1. The highest BCUT2D eigenvalue weighted by molar-refractivity contribution is 5.94. The van der Waals surface area contributed by atoms with Crippen molar-refractivity contribution in [3.8, 4) is 11.5 Å². The van der Waals surface area contributed by atoms with Crippen LogP contribution in [0.15, 0.2) is 48.7 Å². The summed E-state index contributed by atoms with van der Waals surface area (Å²) in [6.07, 6.45) is 6.09. The van der Waals surface area contributed by atoms with Crippen molar-refractivity contribution in [2.24, 2.45) is 0 Å². The Hall–Kier alpha value is -4.48. The monoisotopic (exact) mass is 511 g/mol. The number of pyridine rings is 1. The summed E-state index contributed by atoms with van der Waals surface area (Å²) in [4.78, 5) is 26.3. The second-order valence-corrected chi connectivity index (χ2v) is 8.43. The molecule has 0 bridgehead atoms. The molecule has 10 nitrogen and oxygen atoms in total. The summed E-state index contributed by atoms with van der Waals surface area (Å²) in [5, 5.41) is 8.65. The topological polar surface area (TPSA) is 114 Å². The fraction of sp³-hybridized carbons (Fsp3) is 0.280. The normalized spacial score (nSPS) is 14.9. The van der Waals surface area contributed by atoms with Gasteiger partial charge in [-0.2, -0.15) is 0 Å². The van der Waals surface area contributed by atoms with Crippen LogP contribution in [0.3, 0.4) is 0 Å². The lowest BCUT2D eigenvalue weighted by atomic mass is 10.1. The van der Waals surface area contributed by atoms with E-state index in [4.69, 9.17) is 9.47 Å². The third-order valence-electron chi connectivity index (χ3n) is 5.49. The molecule has 0 fully saturated rings. The standard InChI is InChI=1S/C25H27F2N7O3/c1-14-11-34(12-15(2)32-14)23-20(26)7-18(8-29-23)33-25-30-9-19(10-31-25)37-13-17-5-16(24(35)28-3)6-21(36-4)22(17)27/h5-11,15,32H,12-13H2,1-4H3,(H,28,35)(H,30,31,33)/t15-/m0/s1. The first-order valence-electron chi connectivity index (χ1n) is 11.4. The zero-order valence-corrected chi connectivity index (χ0v) is 20.8. The maximum Gasteiger partial charge on any atom is 0.251 e. The van der Waals surface area contributed by atoms with Crippen LogP contribution in [0.25, 0.3) is 0 Å². The Morgan fingerprint density at radius 2 is 1.95 bits per heavy atom. The summed E-state index contributed by atoms with van der Waals surface area (Å²) in [5.41, 5.74) is 1.67. The minimum absolute atomic E-state index is 0.0695. The molecule has 0 radical (unpaired) electrons. The molecular formula is C25H27F2N7O3. The average molecular weight is 512 g/mol.